The maximum absolute atomic E-state index is 5.85. The second-order valence-electron chi connectivity index (χ2n) is 8.19. The standard InChI is InChI=1S/C24H28N4O2/c1-3-29-19-11-12-20-21(13-19)28(17-5-4-6-17)24(16-7-9-18(30-25)10-8-16)22(20)23-15(2)14-26-27-23/h7-13,15,17,26H,3-6,14,25H2,1-2H3. The van der Waals surface area contributed by atoms with Crippen LogP contribution in [0.5, 0.6) is 11.5 Å². The SMILES string of the molecule is CCOc1ccc2c(C3=NNCC3C)c(-c3ccc(ON)cc3)n(C3CCC3)c2c1. The van der Waals surface area contributed by atoms with E-state index >= 15 is 0 Å². The van der Waals surface area contributed by atoms with Gasteiger partial charge in [0.05, 0.1) is 23.5 Å². The molecule has 1 atom stereocenters. The van der Waals surface area contributed by atoms with Crippen molar-refractivity contribution < 1.29 is 9.57 Å². The van der Waals surface area contributed by atoms with Crippen molar-refractivity contribution in [3.05, 3.63) is 48.0 Å². The molecule has 2 heterocycles. The summed E-state index contributed by atoms with van der Waals surface area (Å²) in [5.41, 5.74) is 9.13. The summed E-state index contributed by atoms with van der Waals surface area (Å²) in [5, 5.41) is 5.94. The Labute approximate surface area is 176 Å². The Morgan fingerprint density at radius 1 is 1.13 bits per heavy atom. The molecule has 1 aliphatic carbocycles. The van der Waals surface area contributed by atoms with Gasteiger partial charge >= 0.3 is 0 Å². The molecular formula is C24H28N4O2. The molecule has 156 valence electrons. The van der Waals surface area contributed by atoms with E-state index in [4.69, 9.17) is 20.6 Å². The highest BCUT2D eigenvalue weighted by Gasteiger charge is 2.32. The van der Waals surface area contributed by atoms with E-state index < -0.39 is 0 Å². The fourth-order valence-corrected chi connectivity index (χ4v) is 4.58. The third-order valence-corrected chi connectivity index (χ3v) is 6.31. The highest BCUT2D eigenvalue weighted by molar-refractivity contribution is 6.17. The van der Waals surface area contributed by atoms with Crippen molar-refractivity contribution >= 4 is 16.6 Å². The first-order valence-corrected chi connectivity index (χ1v) is 10.8. The first kappa shape index (κ1) is 19.0. The molecule has 0 bridgehead atoms. The maximum Gasteiger partial charge on any atom is 0.146 e. The van der Waals surface area contributed by atoms with Gasteiger partial charge in [-0.2, -0.15) is 11.0 Å². The van der Waals surface area contributed by atoms with Crippen LogP contribution >= 0.6 is 0 Å². The summed E-state index contributed by atoms with van der Waals surface area (Å²) in [5.74, 6) is 7.27. The van der Waals surface area contributed by atoms with Gasteiger partial charge in [0.15, 0.2) is 0 Å². The zero-order valence-corrected chi connectivity index (χ0v) is 17.5. The highest BCUT2D eigenvalue weighted by Crippen LogP contribution is 2.44. The summed E-state index contributed by atoms with van der Waals surface area (Å²) in [7, 11) is 0. The average Bonchev–Trinajstić information content (AvgIpc) is 3.28. The van der Waals surface area contributed by atoms with E-state index in [1.54, 1.807) is 0 Å². The quantitative estimate of drug-likeness (QED) is 0.588. The van der Waals surface area contributed by atoms with Crippen molar-refractivity contribution in [2.24, 2.45) is 16.9 Å². The molecule has 1 aliphatic heterocycles. The topological polar surface area (TPSA) is 73.8 Å². The molecule has 0 saturated heterocycles. The zero-order chi connectivity index (χ0) is 20.7. The Bertz CT molecular complexity index is 1100. The molecule has 1 saturated carbocycles. The Balaban J connectivity index is 1.81. The zero-order valence-electron chi connectivity index (χ0n) is 17.5. The Morgan fingerprint density at radius 3 is 2.50 bits per heavy atom. The van der Waals surface area contributed by atoms with Crippen molar-refractivity contribution in [2.75, 3.05) is 13.2 Å². The molecule has 0 spiro atoms. The number of ether oxygens (including phenoxy) is 1. The number of nitrogens with two attached hydrogens (primary N) is 1. The number of hydrogen-bond donors (Lipinski definition) is 2. The minimum atomic E-state index is 0.349. The fourth-order valence-electron chi connectivity index (χ4n) is 4.58. The summed E-state index contributed by atoms with van der Waals surface area (Å²) in [6.07, 6.45) is 3.65. The smallest absolute Gasteiger partial charge is 0.146 e. The van der Waals surface area contributed by atoms with E-state index in [0.717, 1.165) is 23.6 Å². The lowest BCUT2D eigenvalue weighted by Gasteiger charge is -2.30. The van der Waals surface area contributed by atoms with Crippen LogP contribution in [0.3, 0.4) is 0 Å². The van der Waals surface area contributed by atoms with E-state index in [2.05, 4.69) is 47.2 Å². The van der Waals surface area contributed by atoms with Crippen LogP contribution in [0.1, 0.15) is 44.7 Å². The van der Waals surface area contributed by atoms with Gasteiger partial charge in [0, 0.05) is 35.5 Å². The van der Waals surface area contributed by atoms with Crippen molar-refractivity contribution in [2.45, 2.75) is 39.2 Å². The number of nitrogens with one attached hydrogen (secondary N) is 1. The Hall–Kier alpha value is -2.99. The second kappa shape index (κ2) is 7.69. The second-order valence-corrected chi connectivity index (χ2v) is 8.19. The van der Waals surface area contributed by atoms with Gasteiger partial charge in [0.25, 0.3) is 0 Å². The summed E-state index contributed by atoms with van der Waals surface area (Å²) < 4.78 is 8.36. The van der Waals surface area contributed by atoms with Gasteiger partial charge in [-0.25, -0.2) is 0 Å². The monoisotopic (exact) mass is 404 g/mol. The van der Waals surface area contributed by atoms with E-state index in [1.807, 2.05) is 19.1 Å². The predicted octanol–water partition coefficient (Wildman–Crippen LogP) is 4.63. The van der Waals surface area contributed by atoms with Crippen LogP contribution in [0.25, 0.3) is 22.2 Å². The van der Waals surface area contributed by atoms with Gasteiger partial charge < -0.3 is 19.6 Å². The molecule has 0 radical (unpaired) electrons. The minimum absolute atomic E-state index is 0.349. The number of hydrazone groups is 1. The number of benzene rings is 2. The molecule has 30 heavy (non-hydrogen) atoms. The molecule has 2 aromatic carbocycles. The molecule has 3 N–H and O–H groups in total. The molecule has 3 aromatic rings. The number of hydrogen-bond acceptors (Lipinski definition) is 5. The van der Waals surface area contributed by atoms with Crippen LogP contribution in [-0.4, -0.2) is 23.4 Å². The van der Waals surface area contributed by atoms with Crippen LogP contribution in [0, 0.1) is 5.92 Å². The van der Waals surface area contributed by atoms with Crippen molar-refractivity contribution in [1.29, 1.82) is 0 Å². The fraction of sp³-hybridized carbons (Fsp3) is 0.375. The number of fused-ring (bicyclic) bond motifs is 1. The van der Waals surface area contributed by atoms with Crippen molar-refractivity contribution in [3.63, 3.8) is 0 Å². The van der Waals surface area contributed by atoms with Gasteiger partial charge in [-0.1, -0.05) is 6.92 Å². The van der Waals surface area contributed by atoms with E-state index in [-0.39, 0.29) is 0 Å². The third kappa shape index (κ3) is 3.03. The van der Waals surface area contributed by atoms with E-state index in [1.165, 1.54) is 41.4 Å². The summed E-state index contributed by atoms with van der Waals surface area (Å²) in [6, 6.07) is 15.0. The van der Waals surface area contributed by atoms with Gasteiger partial charge in [-0.15, -0.1) is 0 Å². The lowest BCUT2D eigenvalue weighted by atomic mass is 9.91. The molecule has 0 amide bonds. The van der Waals surface area contributed by atoms with Crippen LogP contribution in [0.15, 0.2) is 47.6 Å². The molecule has 1 fully saturated rings. The molecule has 6 heteroatoms. The van der Waals surface area contributed by atoms with Crippen LogP contribution in [0.4, 0.5) is 0 Å². The first-order chi connectivity index (χ1) is 14.7. The number of aromatic nitrogens is 1. The molecular weight excluding hydrogens is 376 g/mol. The molecule has 1 unspecified atom stereocenters. The largest absolute Gasteiger partial charge is 0.494 e. The lowest BCUT2D eigenvalue weighted by molar-refractivity contribution is 0.322. The van der Waals surface area contributed by atoms with Crippen LogP contribution in [-0.2, 0) is 0 Å². The van der Waals surface area contributed by atoms with Crippen molar-refractivity contribution in [3.8, 4) is 22.8 Å². The van der Waals surface area contributed by atoms with E-state index in [0.29, 0.717) is 24.3 Å². The van der Waals surface area contributed by atoms with Gasteiger partial charge in [-0.3, -0.25) is 0 Å². The summed E-state index contributed by atoms with van der Waals surface area (Å²) in [6.45, 7) is 5.77. The maximum atomic E-state index is 5.85. The predicted molar refractivity (Wildman–Crippen MR) is 120 cm³/mol. The lowest BCUT2D eigenvalue weighted by Crippen LogP contribution is -2.19. The molecule has 2 aliphatic rings. The molecule has 1 aromatic heterocycles. The molecule has 6 nitrogen and oxygen atoms in total. The number of nitrogens with zero attached hydrogens (tertiary/aromatic N) is 2. The summed E-state index contributed by atoms with van der Waals surface area (Å²) in [4.78, 5) is 4.91. The first-order valence-electron chi connectivity index (χ1n) is 10.8. The van der Waals surface area contributed by atoms with Gasteiger partial charge in [-0.05, 0) is 68.1 Å². The van der Waals surface area contributed by atoms with Gasteiger partial charge in [0.1, 0.15) is 11.5 Å². The van der Waals surface area contributed by atoms with Crippen LogP contribution in [0.2, 0.25) is 0 Å². The Morgan fingerprint density at radius 2 is 1.90 bits per heavy atom. The number of rotatable bonds is 6. The normalized spacial score (nSPS) is 18.8. The average molecular weight is 405 g/mol. The van der Waals surface area contributed by atoms with Crippen LogP contribution < -0.4 is 20.9 Å². The Kier molecular flexibility index (Phi) is 4.87. The molecule has 5 rings (SSSR count). The van der Waals surface area contributed by atoms with Gasteiger partial charge in [0.2, 0.25) is 0 Å². The summed E-state index contributed by atoms with van der Waals surface area (Å²) >= 11 is 0. The van der Waals surface area contributed by atoms with E-state index in [9.17, 15) is 0 Å². The highest BCUT2D eigenvalue weighted by atomic mass is 16.6. The third-order valence-electron chi connectivity index (χ3n) is 6.31. The minimum Gasteiger partial charge on any atom is -0.494 e. The van der Waals surface area contributed by atoms with Crippen molar-refractivity contribution in [1.82, 2.24) is 9.99 Å².